The van der Waals surface area contributed by atoms with Crippen molar-refractivity contribution in [2.45, 2.75) is 52.0 Å². The van der Waals surface area contributed by atoms with Crippen LogP contribution in [0.4, 0.5) is 4.39 Å². The molecule has 0 N–H and O–H groups in total. The van der Waals surface area contributed by atoms with Gasteiger partial charge in [0.1, 0.15) is 11.5 Å². The summed E-state index contributed by atoms with van der Waals surface area (Å²) in [6.45, 7) is 5.05. The van der Waals surface area contributed by atoms with Crippen molar-refractivity contribution in [2.75, 3.05) is 6.54 Å². The summed E-state index contributed by atoms with van der Waals surface area (Å²) in [6.07, 6.45) is 5.20. The second kappa shape index (κ2) is 8.46. The Bertz CT molecular complexity index is 845. The van der Waals surface area contributed by atoms with E-state index in [9.17, 15) is 14.0 Å². The van der Waals surface area contributed by atoms with Crippen LogP contribution in [0.2, 0.25) is 0 Å². The summed E-state index contributed by atoms with van der Waals surface area (Å²) in [6, 6.07) is 8.53. The summed E-state index contributed by atoms with van der Waals surface area (Å²) >= 11 is 0. The molecule has 1 aromatic carbocycles. The van der Waals surface area contributed by atoms with Crippen molar-refractivity contribution in [3.8, 4) is 5.69 Å². The smallest absolute Gasteiger partial charge is 0.274 e. The minimum absolute atomic E-state index is 0.140. The molecule has 1 atom stereocenters. The molecule has 1 fully saturated rings. The van der Waals surface area contributed by atoms with Crippen LogP contribution in [-0.2, 0) is 0 Å². The van der Waals surface area contributed by atoms with Crippen molar-refractivity contribution >= 4 is 5.91 Å². The second-order valence-corrected chi connectivity index (χ2v) is 7.58. The van der Waals surface area contributed by atoms with Gasteiger partial charge in [0.2, 0.25) is 0 Å². The molecule has 6 heteroatoms. The lowest BCUT2D eigenvalue weighted by Crippen LogP contribution is -2.41. The largest absolute Gasteiger partial charge is 0.334 e. The fourth-order valence-electron chi connectivity index (χ4n) is 3.67. The van der Waals surface area contributed by atoms with Crippen LogP contribution in [-0.4, -0.2) is 33.2 Å². The number of nitrogens with zero attached hydrogens (tertiary/aromatic N) is 3. The van der Waals surface area contributed by atoms with Gasteiger partial charge in [-0.3, -0.25) is 9.59 Å². The zero-order valence-electron chi connectivity index (χ0n) is 15.9. The van der Waals surface area contributed by atoms with Gasteiger partial charge in [-0.1, -0.05) is 26.7 Å². The van der Waals surface area contributed by atoms with E-state index in [0.29, 0.717) is 18.2 Å². The van der Waals surface area contributed by atoms with Crippen LogP contribution in [0.25, 0.3) is 5.69 Å². The van der Waals surface area contributed by atoms with Gasteiger partial charge in [-0.05, 0) is 55.5 Å². The molecule has 1 saturated heterocycles. The number of hydrogen-bond acceptors (Lipinski definition) is 3. The quantitative estimate of drug-likeness (QED) is 0.821. The molecule has 0 spiro atoms. The van der Waals surface area contributed by atoms with Gasteiger partial charge < -0.3 is 4.90 Å². The lowest BCUT2D eigenvalue weighted by Gasteiger charge is -2.31. The molecule has 1 amide bonds. The van der Waals surface area contributed by atoms with Gasteiger partial charge in [-0.2, -0.15) is 9.78 Å². The third-order valence-electron chi connectivity index (χ3n) is 4.97. The highest BCUT2D eigenvalue weighted by Crippen LogP contribution is 2.23. The summed E-state index contributed by atoms with van der Waals surface area (Å²) in [5.74, 6) is -0.0249. The zero-order valence-corrected chi connectivity index (χ0v) is 15.9. The Morgan fingerprint density at radius 3 is 2.59 bits per heavy atom. The molecular weight excluding hydrogens is 345 g/mol. The van der Waals surface area contributed by atoms with Gasteiger partial charge in [0, 0.05) is 18.7 Å². The molecule has 27 heavy (non-hydrogen) atoms. The van der Waals surface area contributed by atoms with Gasteiger partial charge in [0.25, 0.3) is 11.5 Å². The van der Waals surface area contributed by atoms with Crippen LogP contribution >= 0.6 is 0 Å². The number of likely N-dealkylation sites (tertiary alicyclic amines) is 1. The molecule has 0 saturated carbocycles. The lowest BCUT2D eigenvalue weighted by atomic mass is 9.98. The average Bonchev–Trinajstić information content (AvgIpc) is 2.87. The molecule has 0 radical (unpaired) electrons. The summed E-state index contributed by atoms with van der Waals surface area (Å²) in [4.78, 5) is 27.3. The number of carbonyl (C=O) groups is 1. The van der Waals surface area contributed by atoms with E-state index in [0.717, 1.165) is 36.8 Å². The van der Waals surface area contributed by atoms with Crippen molar-refractivity contribution in [1.29, 1.82) is 0 Å². The van der Waals surface area contributed by atoms with E-state index in [1.807, 2.05) is 4.90 Å². The fraction of sp³-hybridized carbons (Fsp3) is 0.476. The first-order valence-corrected chi connectivity index (χ1v) is 9.63. The number of halogens is 1. The Kier molecular flexibility index (Phi) is 6.04. The van der Waals surface area contributed by atoms with Crippen LogP contribution in [0.1, 0.15) is 56.4 Å². The Labute approximate surface area is 158 Å². The van der Waals surface area contributed by atoms with E-state index in [1.54, 1.807) is 0 Å². The highest BCUT2D eigenvalue weighted by atomic mass is 19.1. The monoisotopic (exact) mass is 371 g/mol. The standard InChI is InChI=1S/C21H26FN3O2/c1-15(2)14-18-6-4-3-5-13-24(18)21(27)19-11-12-20(26)25(23-19)17-9-7-16(22)8-10-17/h7-12,15,18H,3-6,13-14H2,1-2H3/t18-/m1/s1. The van der Waals surface area contributed by atoms with E-state index >= 15 is 0 Å². The van der Waals surface area contributed by atoms with Crippen molar-refractivity contribution in [1.82, 2.24) is 14.7 Å². The number of carbonyl (C=O) groups excluding carboxylic acids is 1. The van der Waals surface area contributed by atoms with Crippen LogP contribution in [0.15, 0.2) is 41.2 Å². The zero-order chi connectivity index (χ0) is 19.4. The predicted molar refractivity (Wildman–Crippen MR) is 103 cm³/mol. The highest BCUT2D eigenvalue weighted by Gasteiger charge is 2.28. The Hall–Kier alpha value is -2.50. The maximum Gasteiger partial charge on any atom is 0.274 e. The Morgan fingerprint density at radius 1 is 1.15 bits per heavy atom. The van der Waals surface area contributed by atoms with Gasteiger partial charge in [0.05, 0.1) is 5.69 Å². The normalized spacial score (nSPS) is 17.8. The lowest BCUT2D eigenvalue weighted by molar-refractivity contribution is 0.0653. The number of aromatic nitrogens is 2. The first-order valence-electron chi connectivity index (χ1n) is 9.63. The molecule has 0 bridgehead atoms. The maximum absolute atomic E-state index is 13.2. The Balaban J connectivity index is 1.92. The van der Waals surface area contributed by atoms with E-state index in [1.165, 1.54) is 36.4 Å². The molecule has 3 rings (SSSR count). The minimum atomic E-state index is -0.389. The highest BCUT2D eigenvalue weighted by molar-refractivity contribution is 5.92. The van der Waals surface area contributed by atoms with Crippen molar-refractivity contribution in [3.63, 3.8) is 0 Å². The first-order chi connectivity index (χ1) is 13.0. The first kappa shape index (κ1) is 19.3. The van der Waals surface area contributed by atoms with Crippen LogP contribution in [0.5, 0.6) is 0 Å². The number of benzene rings is 1. The van der Waals surface area contributed by atoms with Gasteiger partial charge in [-0.15, -0.1) is 0 Å². The fourth-order valence-corrected chi connectivity index (χ4v) is 3.67. The molecule has 2 heterocycles. The van der Waals surface area contributed by atoms with Crippen LogP contribution in [0, 0.1) is 11.7 Å². The Morgan fingerprint density at radius 2 is 1.89 bits per heavy atom. The minimum Gasteiger partial charge on any atom is -0.334 e. The molecule has 144 valence electrons. The molecule has 2 aromatic rings. The van der Waals surface area contributed by atoms with Gasteiger partial charge >= 0.3 is 0 Å². The second-order valence-electron chi connectivity index (χ2n) is 7.58. The topological polar surface area (TPSA) is 55.2 Å². The summed E-state index contributed by atoms with van der Waals surface area (Å²) in [5, 5.41) is 4.28. The third-order valence-corrected chi connectivity index (χ3v) is 4.97. The van der Waals surface area contributed by atoms with Crippen molar-refractivity contribution in [2.24, 2.45) is 5.92 Å². The molecule has 0 aliphatic carbocycles. The van der Waals surface area contributed by atoms with Gasteiger partial charge in [0.15, 0.2) is 0 Å². The van der Waals surface area contributed by atoms with E-state index in [4.69, 9.17) is 0 Å². The van der Waals surface area contributed by atoms with Crippen LogP contribution in [0.3, 0.4) is 0 Å². The predicted octanol–water partition coefficient (Wildman–Crippen LogP) is 3.80. The molecule has 1 aromatic heterocycles. The number of amides is 1. The van der Waals surface area contributed by atoms with E-state index in [-0.39, 0.29) is 29.0 Å². The molecule has 0 unspecified atom stereocenters. The summed E-state index contributed by atoms with van der Waals surface area (Å²) in [7, 11) is 0. The summed E-state index contributed by atoms with van der Waals surface area (Å²) in [5.41, 5.74) is 0.327. The SMILES string of the molecule is CC(C)C[C@H]1CCCCCN1C(=O)c1ccc(=O)n(-c2ccc(F)cc2)n1. The van der Waals surface area contributed by atoms with Crippen molar-refractivity contribution in [3.05, 3.63) is 58.3 Å². The maximum atomic E-state index is 13.2. The number of rotatable bonds is 4. The van der Waals surface area contributed by atoms with Crippen molar-refractivity contribution < 1.29 is 9.18 Å². The molecule has 1 aliphatic heterocycles. The third kappa shape index (κ3) is 4.62. The van der Waals surface area contributed by atoms with Crippen LogP contribution < -0.4 is 5.56 Å². The molecular formula is C21H26FN3O2. The van der Waals surface area contributed by atoms with E-state index < -0.39 is 0 Å². The molecule has 1 aliphatic rings. The average molecular weight is 371 g/mol. The summed E-state index contributed by atoms with van der Waals surface area (Å²) < 4.78 is 14.3. The molecule has 5 nitrogen and oxygen atoms in total. The van der Waals surface area contributed by atoms with Gasteiger partial charge in [-0.25, -0.2) is 4.39 Å². The van der Waals surface area contributed by atoms with E-state index in [2.05, 4.69) is 18.9 Å². The number of hydrogen-bond donors (Lipinski definition) is 0.